The number of nitrogens with zero attached hydrogens (tertiary/aromatic N) is 1. The highest BCUT2D eigenvalue weighted by Crippen LogP contribution is 2.34. The molecule has 0 fully saturated rings. The summed E-state index contributed by atoms with van der Waals surface area (Å²) in [6.45, 7) is 0. The van der Waals surface area contributed by atoms with Crippen molar-refractivity contribution < 1.29 is 9.18 Å². The fraction of sp³-hybridized carbons (Fsp3) is 0.273. The Bertz CT molecular complexity index is 434. The topological polar surface area (TPSA) is 40.9 Å². The zero-order chi connectivity index (χ0) is 10.1. The minimum Gasteiger partial charge on any atom is -0.303 e. The number of benzene rings is 1. The van der Waals surface area contributed by atoms with E-state index in [1.807, 2.05) is 6.07 Å². The van der Waals surface area contributed by atoms with Crippen molar-refractivity contribution in [3.63, 3.8) is 0 Å². The first-order chi connectivity index (χ1) is 6.77. The molecule has 70 valence electrons. The maximum absolute atomic E-state index is 13.2. The van der Waals surface area contributed by atoms with Gasteiger partial charge in [0.05, 0.1) is 5.56 Å². The molecule has 0 aromatic heterocycles. The van der Waals surface area contributed by atoms with Gasteiger partial charge in [-0.05, 0) is 30.0 Å². The van der Waals surface area contributed by atoms with E-state index in [2.05, 4.69) is 0 Å². The number of nitriles is 1. The van der Waals surface area contributed by atoms with E-state index < -0.39 is 5.82 Å². The predicted octanol–water partition coefficient (Wildman–Crippen LogP) is 1.93. The summed E-state index contributed by atoms with van der Waals surface area (Å²) in [6, 6.07) is 4.72. The van der Waals surface area contributed by atoms with Gasteiger partial charge in [-0.2, -0.15) is 5.26 Å². The van der Waals surface area contributed by atoms with Gasteiger partial charge in [-0.1, -0.05) is 6.07 Å². The molecule has 0 amide bonds. The van der Waals surface area contributed by atoms with Crippen LogP contribution in [0.2, 0.25) is 0 Å². The number of hydrogen-bond donors (Lipinski definition) is 0. The van der Waals surface area contributed by atoms with Crippen molar-refractivity contribution in [3.8, 4) is 6.07 Å². The second-order valence-electron chi connectivity index (χ2n) is 3.38. The van der Waals surface area contributed by atoms with Crippen LogP contribution in [0.5, 0.6) is 0 Å². The van der Waals surface area contributed by atoms with Crippen LogP contribution in [0.4, 0.5) is 4.39 Å². The minimum absolute atomic E-state index is 0.104. The van der Waals surface area contributed by atoms with Crippen LogP contribution in [0.3, 0.4) is 0 Å². The van der Waals surface area contributed by atoms with Crippen LogP contribution in [-0.2, 0) is 11.2 Å². The Kier molecular flexibility index (Phi) is 2.05. The number of halogens is 1. The summed E-state index contributed by atoms with van der Waals surface area (Å²) in [7, 11) is 0. The Morgan fingerprint density at radius 3 is 3.00 bits per heavy atom. The van der Waals surface area contributed by atoms with E-state index >= 15 is 0 Å². The number of carbonyl (C=O) groups excluding carboxylic acids is 1. The third-order valence-electron chi connectivity index (χ3n) is 2.68. The monoisotopic (exact) mass is 189 g/mol. The van der Waals surface area contributed by atoms with Crippen molar-refractivity contribution in [2.24, 2.45) is 0 Å². The van der Waals surface area contributed by atoms with Gasteiger partial charge in [0.25, 0.3) is 0 Å². The van der Waals surface area contributed by atoms with Crippen LogP contribution in [0.15, 0.2) is 12.1 Å². The zero-order valence-electron chi connectivity index (χ0n) is 7.46. The Hall–Kier alpha value is -1.69. The molecule has 0 radical (unpaired) electrons. The van der Waals surface area contributed by atoms with Crippen LogP contribution in [-0.4, -0.2) is 6.29 Å². The number of hydrogen-bond acceptors (Lipinski definition) is 2. The maximum atomic E-state index is 13.2. The van der Waals surface area contributed by atoms with E-state index in [4.69, 9.17) is 5.26 Å². The van der Waals surface area contributed by atoms with Gasteiger partial charge in [-0.15, -0.1) is 0 Å². The van der Waals surface area contributed by atoms with Gasteiger partial charge in [0, 0.05) is 5.92 Å². The number of carbonyl (C=O) groups is 1. The van der Waals surface area contributed by atoms with Gasteiger partial charge in [0.15, 0.2) is 0 Å². The van der Waals surface area contributed by atoms with Gasteiger partial charge in [-0.25, -0.2) is 4.39 Å². The molecule has 1 aromatic carbocycles. The van der Waals surface area contributed by atoms with Crippen molar-refractivity contribution in [2.75, 3.05) is 0 Å². The third kappa shape index (κ3) is 1.12. The lowest BCUT2D eigenvalue weighted by atomic mass is 10.00. The average Bonchev–Trinajstić information content (AvgIpc) is 2.60. The molecule has 14 heavy (non-hydrogen) atoms. The number of rotatable bonds is 1. The summed E-state index contributed by atoms with van der Waals surface area (Å²) < 4.78 is 13.2. The third-order valence-corrected chi connectivity index (χ3v) is 2.68. The quantitative estimate of drug-likeness (QED) is 0.633. The van der Waals surface area contributed by atoms with Crippen LogP contribution in [0, 0.1) is 17.1 Å². The smallest absolute Gasteiger partial charge is 0.141 e. The van der Waals surface area contributed by atoms with Crippen LogP contribution < -0.4 is 0 Å². The Labute approximate surface area is 81.0 Å². The van der Waals surface area contributed by atoms with E-state index in [-0.39, 0.29) is 11.5 Å². The van der Waals surface area contributed by atoms with E-state index in [9.17, 15) is 9.18 Å². The maximum Gasteiger partial charge on any atom is 0.141 e. The minimum atomic E-state index is -0.488. The SMILES string of the molecule is N#Cc1c(F)ccc2c1CC[C@@H]2C=O. The van der Waals surface area contributed by atoms with Crippen molar-refractivity contribution in [3.05, 3.63) is 34.6 Å². The van der Waals surface area contributed by atoms with Gasteiger partial charge in [0.2, 0.25) is 0 Å². The first-order valence-corrected chi connectivity index (χ1v) is 4.44. The number of fused-ring (bicyclic) bond motifs is 1. The molecular formula is C11H8FNO. The molecule has 0 unspecified atom stereocenters. The average molecular weight is 189 g/mol. The molecule has 1 aliphatic rings. The van der Waals surface area contributed by atoms with Crippen molar-refractivity contribution in [2.45, 2.75) is 18.8 Å². The molecule has 0 saturated carbocycles. The van der Waals surface area contributed by atoms with Gasteiger partial charge >= 0.3 is 0 Å². The zero-order valence-corrected chi connectivity index (χ0v) is 7.46. The van der Waals surface area contributed by atoms with Gasteiger partial charge in [0.1, 0.15) is 18.2 Å². The first-order valence-electron chi connectivity index (χ1n) is 4.44. The fourth-order valence-corrected chi connectivity index (χ4v) is 1.97. The summed E-state index contributed by atoms with van der Waals surface area (Å²) >= 11 is 0. The summed E-state index contributed by atoms with van der Waals surface area (Å²) in [5.41, 5.74) is 1.63. The molecule has 3 heteroatoms. The van der Waals surface area contributed by atoms with Crippen molar-refractivity contribution in [1.82, 2.24) is 0 Å². The second-order valence-corrected chi connectivity index (χ2v) is 3.38. The molecule has 0 aliphatic heterocycles. The highest BCUT2D eigenvalue weighted by molar-refractivity contribution is 5.66. The van der Waals surface area contributed by atoms with E-state index in [0.29, 0.717) is 18.4 Å². The molecule has 2 nitrogen and oxygen atoms in total. The highest BCUT2D eigenvalue weighted by Gasteiger charge is 2.25. The van der Waals surface area contributed by atoms with E-state index in [1.165, 1.54) is 6.07 Å². The summed E-state index contributed by atoms with van der Waals surface area (Å²) in [6.07, 6.45) is 2.18. The molecule has 2 rings (SSSR count). The molecule has 0 spiro atoms. The Balaban J connectivity index is 2.62. The van der Waals surface area contributed by atoms with E-state index in [0.717, 1.165) is 11.8 Å². The molecule has 1 aliphatic carbocycles. The highest BCUT2D eigenvalue weighted by atomic mass is 19.1. The molecule has 1 aromatic rings. The Morgan fingerprint density at radius 2 is 2.36 bits per heavy atom. The van der Waals surface area contributed by atoms with Crippen molar-refractivity contribution >= 4 is 6.29 Å². The fourth-order valence-electron chi connectivity index (χ4n) is 1.97. The standard InChI is InChI=1S/C11H8FNO/c12-11-4-3-8-7(6-14)1-2-9(8)10(11)5-13/h3-4,6-7H,1-2H2/t7-/m1/s1. The van der Waals surface area contributed by atoms with Crippen LogP contribution in [0.25, 0.3) is 0 Å². The molecule has 0 saturated heterocycles. The summed E-state index contributed by atoms with van der Waals surface area (Å²) in [5.74, 6) is -0.643. The lowest BCUT2D eigenvalue weighted by Gasteiger charge is -2.04. The van der Waals surface area contributed by atoms with E-state index in [1.54, 1.807) is 6.07 Å². The second kappa shape index (κ2) is 3.22. The Morgan fingerprint density at radius 1 is 1.57 bits per heavy atom. The van der Waals surface area contributed by atoms with Crippen LogP contribution in [0.1, 0.15) is 29.0 Å². The van der Waals surface area contributed by atoms with Crippen molar-refractivity contribution in [1.29, 1.82) is 5.26 Å². The molecule has 0 N–H and O–H groups in total. The van der Waals surface area contributed by atoms with Gasteiger partial charge in [-0.3, -0.25) is 0 Å². The predicted molar refractivity (Wildman–Crippen MR) is 48.2 cm³/mol. The number of aldehydes is 1. The molecule has 0 heterocycles. The first kappa shape index (κ1) is 8.89. The van der Waals surface area contributed by atoms with Crippen LogP contribution >= 0.6 is 0 Å². The largest absolute Gasteiger partial charge is 0.303 e. The molecule has 0 bridgehead atoms. The molecular weight excluding hydrogens is 181 g/mol. The van der Waals surface area contributed by atoms with Gasteiger partial charge < -0.3 is 4.79 Å². The normalized spacial score (nSPS) is 18.7. The summed E-state index contributed by atoms with van der Waals surface area (Å²) in [5, 5.41) is 8.76. The summed E-state index contributed by atoms with van der Waals surface area (Å²) in [4.78, 5) is 10.7. The molecule has 1 atom stereocenters. The lowest BCUT2D eigenvalue weighted by Crippen LogP contribution is -1.96. The lowest BCUT2D eigenvalue weighted by molar-refractivity contribution is -0.109.